The van der Waals surface area contributed by atoms with Crippen LogP contribution in [-0.2, 0) is 4.74 Å². The van der Waals surface area contributed by atoms with E-state index in [0.29, 0.717) is 0 Å². The fraction of sp³-hybridized carbons (Fsp3) is 0.333. The summed E-state index contributed by atoms with van der Waals surface area (Å²) < 4.78 is 29.4. The Hall–Kier alpha value is -1.43. The van der Waals surface area contributed by atoms with Crippen molar-refractivity contribution in [3.05, 3.63) is 22.5 Å². The summed E-state index contributed by atoms with van der Waals surface area (Å²) in [5.74, 6) is -0.792. The van der Waals surface area contributed by atoms with Gasteiger partial charge >= 0.3 is 5.97 Å². The van der Waals surface area contributed by atoms with Crippen molar-refractivity contribution < 1.29 is 18.3 Å². The minimum atomic E-state index is -2.79. The maximum atomic E-state index is 12.4. The van der Waals surface area contributed by atoms with Crippen molar-refractivity contribution in [2.24, 2.45) is 0 Å². The predicted octanol–water partition coefficient (Wildman–Crippen LogP) is 2.43. The van der Waals surface area contributed by atoms with Gasteiger partial charge in [0.15, 0.2) is 5.69 Å². The number of alkyl halides is 2. The Kier molecular flexibility index (Phi) is 4.00. The summed E-state index contributed by atoms with van der Waals surface area (Å²) in [7, 11) is 0. The minimum Gasteiger partial charge on any atom is -0.461 e. The van der Waals surface area contributed by atoms with Crippen molar-refractivity contribution in [3.63, 3.8) is 0 Å². The van der Waals surface area contributed by atoms with E-state index in [9.17, 15) is 13.6 Å². The van der Waals surface area contributed by atoms with Crippen LogP contribution in [-0.4, -0.2) is 17.6 Å². The first-order valence-electron chi connectivity index (χ1n) is 4.38. The molecule has 0 aliphatic heterocycles. The van der Waals surface area contributed by atoms with Crippen LogP contribution in [0.3, 0.4) is 0 Å². The number of rotatable bonds is 3. The van der Waals surface area contributed by atoms with Crippen molar-refractivity contribution in [1.29, 1.82) is 0 Å². The number of anilines is 1. The summed E-state index contributed by atoms with van der Waals surface area (Å²) in [5.41, 5.74) is 4.25. The zero-order valence-corrected chi connectivity index (χ0v) is 9.09. The lowest BCUT2D eigenvalue weighted by atomic mass is 10.2. The van der Waals surface area contributed by atoms with Crippen molar-refractivity contribution in [2.75, 3.05) is 12.3 Å². The number of nitrogens with zero attached hydrogens (tertiary/aromatic N) is 1. The normalized spacial score (nSPS) is 10.6. The van der Waals surface area contributed by atoms with Gasteiger partial charge in [0.05, 0.1) is 22.9 Å². The van der Waals surface area contributed by atoms with Crippen LogP contribution in [0.1, 0.15) is 29.4 Å². The molecule has 16 heavy (non-hydrogen) atoms. The first-order chi connectivity index (χ1) is 7.49. The topological polar surface area (TPSA) is 65.2 Å². The lowest BCUT2D eigenvalue weighted by Crippen LogP contribution is -2.10. The summed E-state index contributed by atoms with van der Waals surface area (Å²) in [6.07, 6.45) is -1.97. The molecule has 0 saturated heterocycles. The lowest BCUT2D eigenvalue weighted by Gasteiger charge is -2.09. The van der Waals surface area contributed by atoms with E-state index in [2.05, 4.69) is 9.72 Å². The zero-order valence-electron chi connectivity index (χ0n) is 8.34. The molecule has 0 unspecified atom stereocenters. The Morgan fingerprint density at radius 1 is 1.69 bits per heavy atom. The number of ether oxygens (including phenoxy) is 1. The maximum Gasteiger partial charge on any atom is 0.358 e. The third-order valence-electron chi connectivity index (χ3n) is 1.79. The summed E-state index contributed by atoms with van der Waals surface area (Å²) in [4.78, 5) is 14.8. The molecule has 0 bridgehead atoms. The van der Waals surface area contributed by atoms with Gasteiger partial charge in [0, 0.05) is 6.20 Å². The molecule has 7 heteroatoms. The number of halogens is 3. The van der Waals surface area contributed by atoms with Gasteiger partial charge in [0.25, 0.3) is 6.43 Å². The van der Waals surface area contributed by atoms with E-state index in [0.717, 1.165) is 6.20 Å². The molecule has 0 fully saturated rings. The molecular weight excluding hydrogens is 242 g/mol. The molecule has 0 aliphatic carbocycles. The number of hydrogen-bond donors (Lipinski definition) is 1. The molecule has 0 atom stereocenters. The monoisotopic (exact) mass is 250 g/mol. The third-order valence-corrected chi connectivity index (χ3v) is 2.17. The second-order valence-electron chi connectivity index (χ2n) is 2.81. The van der Waals surface area contributed by atoms with Gasteiger partial charge in [-0.25, -0.2) is 18.6 Å². The van der Waals surface area contributed by atoms with Crippen LogP contribution in [0.15, 0.2) is 6.20 Å². The van der Waals surface area contributed by atoms with Gasteiger partial charge in [-0.2, -0.15) is 0 Å². The Balaban J connectivity index is 3.16. The Labute approximate surface area is 95.4 Å². The van der Waals surface area contributed by atoms with Crippen LogP contribution < -0.4 is 5.73 Å². The fourth-order valence-electron chi connectivity index (χ4n) is 1.03. The Morgan fingerprint density at radius 3 is 2.81 bits per heavy atom. The number of hydrogen-bond acceptors (Lipinski definition) is 4. The average Bonchev–Trinajstić information content (AvgIpc) is 2.21. The molecule has 0 saturated carbocycles. The van der Waals surface area contributed by atoms with Crippen LogP contribution in [0.5, 0.6) is 0 Å². The fourth-order valence-corrected chi connectivity index (χ4v) is 1.27. The van der Waals surface area contributed by atoms with Gasteiger partial charge in [0.2, 0.25) is 0 Å². The van der Waals surface area contributed by atoms with Crippen molar-refractivity contribution >= 4 is 23.3 Å². The molecular formula is C9H9ClF2N2O2. The number of nitrogen functional groups attached to an aromatic ring is 1. The number of carbonyl (C=O) groups is 1. The van der Waals surface area contributed by atoms with Crippen molar-refractivity contribution in [1.82, 2.24) is 4.98 Å². The van der Waals surface area contributed by atoms with Crippen LogP contribution >= 0.6 is 11.6 Å². The highest BCUT2D eigenvalue weighted by Gasteiger charge is 2.21. The third kappa shape index (κ3) is 2.38. The average molecular weight is 251 g/mol. The highest BCUT2D eigenvalue weighted by atomic mass is 35.5. The molecule has 1 rings (SSSR count). The maximum absolute atomic E-state index is 12.4. The van der Waals surface area contributed by atoms with Gasteiger partial charge in [-0.1, -0.05) is 11.6 Å². The molecule has 0 radical (unpaired) electrons. The largest absolute Gasteiger partial charge is 0.461 e. The molecule has 0 amide bonds. The van der Waals surface area contributed by atoms with Gasteiger partial charge in [-0.3, -0.25) is 0 Å². The molecule has 1 aromatic rings. The smallest absolute Gasteiger partial charge is 0.358 e. The van der Waals surface area contributed by atoms with Gasteiger partial charge in [-0.05, 0) is 6.92 Å². The van der Waals surface area contributed by atoms with E-state index in [-0.39, 0.29) is 23.0 Å². The molecule has 0 aromatic carbocycles. The second-order valence-corrected chi connectivity index (χ2v) is 3.19. The van der Waals surface area contributed by atoms with Gasteiger partial charge < -0.3 is 10.5 Å². The van der Waals surface area contributed by atoms with E-state index in [1.807, 2.05) is 0 Å². The molecule has 1 aromatic heterocycles. The van der Waals surface area contributed by atoms with Crippen LogP contribution in [0.25, 0.3) is 0 Å². The number of nitrogens with two attached hydrogens (primary N) is 1. The van der Waals surface area contributed by atoms with E-state index in [1.165, 1.54) is 0 Å². The van der Waals surface area contributed by atoms with Gasteiger partial charge in [0.1, 0.15) is 0 Å². The SMILES string of the molecule is CCOC(=O)c1ncc(C(F)F)c(N)c1Cl. The van der Waals surface area contributed by atoms with Crippen LogP contribution in [0.4, 0.5) is 14.5 Å². The highest BCUT2D eigenvalue weighted by molar-refractivity contribution is 6.35. The highest BCUT2D eigenvalue weighted by Crippen LogP contribution is 2.31. The number of pyridine rings is 1. The van der Waals surface area contributed by atoms with E-state index in [1.54, 1.807) is 6.92 Å². The zero-order chi connectivity index (χ0) is 12.3. The quantitative estimate of drug-likeness (QED) is 0.837. The Morgan fingerprint density at radius 2 is 2.31 bits per heavy atom. The Bertz CT molecular complexity index is 413. The minimum absolute atomic E-state index is 0.132. The molecule has 88 valence electrons. The number of esters is 1. The molecule has 0 spiro atoms. The van der Waals surface area contributed by atoms with Crippen molar-refractivity contribution in [3.8, 4) is 0 Å². The first kappa shape index (κ1) is 12.6. The summed E-state index contributed by atoms with van der Waals surface area (Å²) >= 11 is 5.65. The summed E-state index contributed by atoms with van der Waals surface area (Å²) in [6, 6.07) is 0. The van der Waals surface area contributed by atoms with Crippen molar-refractivity contribution in [2.45, 2.75) is 13.3 Å². The van der Waals surface area contributed by atoms with E-state index in [4.69, 9.17) is 17.3 Å². The molecule has 1 heterocycles. The first-order valence-corrected chi connectivity index (χ1v) is 4.76. The second kappa shape index (κ2) is 5.07. The summed E-state index contributed by atoms with van der Waals surface area (Å²) in [6.45, 7) is 1.73. The standard InChI is InChI=1S/C9H9ClF2N2O2/c1-2-16-9(15)7-5(10)6(13)4(3-14-7)8(11)12/h3,8H,2H2,1H3,(H2,13,14). The lowest BCUT2D eigenvalue weighted by molar-refractivity contribution is 0.0519. The van der Waals surface area contributed by atoms with Crippen LogP contribution in [0, 0.1) is 0 Å². The molecule has 4 nitrogen and oxygen atoms in total. The van der Waals surface area contributed by atoms with Crippen LogP contribution in [0.2, 0.25) is 5.02 Å². The summed E-state index contributed by atoms with van der Waals surface area (Å²) in [5, 5.41) is -0.309. The van der Waals surface area contributed by atoms with E-state index < -0.39 is 18.0 Å². The van der Waals surface area contributed by atoms with Gasteiger partial charge in [-0.15, -0.1) is 0 Å². The molecule has 2 N–H and O–H groups in total. The molecule has 0 aliphatic rings. The van der Waals surface area contributed by atoms with E-state index >= 15 is 0 Å². The predicted molar refractivity (Wildman–Crippen MR) is 54.6 cm³/mol. The number of aromatic nitrogens is 1. The number of carbonyl (C=O) groups excluding carboxylic acids is 1.